The summed E-state index contributed by atoms with van der Waals surface area (Å²) < 4.78 is 0. The van der Waals surface area contributed by atoms with Gasteiger partial charge < -0.3 is 0 Å². The van der Waals surface area contributed by atoms with E-state index in [2.05, 4.69) is 75.0 Å². The summed E-state index contributed by atoms with van der Waals surface area (Å²) in [7, 11) is -2.28. The van der Waals surface area contributed by atoms with Gasteiger partial charge in [-0.15, -0.1) is 5.54 Å². The van der Waals surface area contributed by atoms with Crippen molar-refractivity contribution in [1.29, 1.82) is 0 Å². The van der Waals surface area contributed by atoms with Crippen LogP contribution in [0.1, 0.15) is 11.1 Å². The fourth-order valence-corrected chi connectivity index (χ4v) is 3.60. The van der Waals surface area contributed by atoms with Crippen LogP contribution in [-0.2, 0) is 6.04 Å². The third-order valence-electron chi connectivity index (χ3n) is 2.24. The van der Waals surface area contributed by atoms with Crippen molar-refractivity contribution in [3.63, 3.8) is 0 Å². The first-order valence-electron chi connectivity index (χ1n) is 6.28. The average Bonchev–Trinajstić information content (AvgIpc) is 2.11. The molecule has 92 valence electrons. The number of rotatable bonds is 2. The molecule has 0 aromatic heterocycles. The summed E-state index contributed by atoms with van der Waals surface area (Å²) in [5.74, 6) is 3.34. The predicted octanol–water partition coefficient (Wildman–Crippen LogP) is 4.34. The van der Waals surface area contributed by atoms with Crippen molar-refractivity contribution >= 4 is 16.1 Å². The maximum Gasteiger partial charge on any atom is 0.129 e. The second kappa shape index (κ2) is 5.24. The van der Waals surface area contributed by atoms with Gasteiger partial charge in [-0.3, -0.25) is 0 Å². The molecule has 0 aliphatic carbocycles. The van der Waals surface area contributed by atoms with Gasteiger partial charge in [0.2, 0.25) is 0 Å². The van der Waals surface area contributed by atoms with Gasteiger partial charge in [0.05, 0.1) is 0 Å². The summed E-state index contributed by atoms with van der Waals surface area (Å²) in [4.78, 5) is 0. The van der Waals surface area contributed by atoms with Crippen molar-refractivity contribution in [1.82, 2.24) is 0 Å². The maximum atomic E-state index is 3.43. The summed E-state index contributed by atoms with van der Waals surface area (Å²) >= 11 is 0. The summed E-state index contributed by atoms with van der Waals surface area (Å²) in [5.41, 5.74) is 6.06. The molecule has 0 aliphatic heterocycles. The molecule has 1 rings (SSSR count). The Kier molecular flexibility index (Phi) is 4.40. The minimum Gasteiger partial charge on any atom is -0.127 e. The zero-order chi connectivity index (χ0) is 13.1. The van der Waals surface area contributed by atoms with Gasteiger partial charge in [-0.25, -0.2) is 0 Å². The Bertz CT molecular complexity index is 436. The Balaban J connectivity index is 2.90. The third kappa shape index (κ3) is 6.50. The predicted molar refractivity (Wildman–Crippen MR) is 83.7 cm³/mol. The van der Waals surface area contributed by atoms with Gasteiger partial charge in [-0.1, -0.05) is 57.3 Å². The van der Waals surface area contributed by atoms with Crippen LogP contribution in [0.2, 0.25) is 39.3 Å². The van der Waals surface area contributed by atoms with E-state index in [4.69, 9.17) is 0 Å². The van der Waals surface area contributed by atoms with Gasteiger partial charge in [-0.05, 0) is 23.7 Å². The lowest BCUT2D eigenvalue weighted by molar-refractivity contribution is 1.30. The van der Waals surface area contributed by atoms with Crippen LogP contribution in [-0.4, -0.2) is 16.1 Å². The Morgan fingerprint density at radius 2 is 1.65 bits per heavy atom. The van der Waals surface area contributed by atoms with Crippen LogP contribution in [0.5, 0.6) is 0 Å². The topological polar surface area (TPSA) is 0 Å². The van der Waals surface area contributed by atoms with Gasteiger partial charge in [0, 0.05) is 13.6 Å². The zero-order valence-corrected chi connectivity index (χ0v) is 14.0. The second-order valence-electron chi connectivity index (χ2n) is 6.94. The van der Waals surface area contributed by atoms with E-state index in [0.717, 1.165) is 0 Å². The molecule has 0 fully saturated rings. The van der Waals surface area contributed by atoms with E-state index in [1.54, 1.807) is 0 Å². The van der Waals surface area contributed by atoms with E-state index in [-0.39, 0.29) is 0 Å². The molecule has 0 saturated heterocycles. The van der Waals surface area contributed by atoms with Gasteiger partial charge in [0.15, 0.2) is 0 Å². The summed E-state index contributed by atoms with van der Waals surface area (Å²) in [6.07, 6.45) is 0. The number of benzene rings is 1. The third-order valence-corrected chi connectivity index (χ3v) is 4.59. The normalized spacial score (nSPS) is 11.9. The van der Waals surface area contributed by atoms with E-state index < -0.39 is 16.1 Å². The van der Waals surface area contributed by atoms with Crippen LogP contribution in [0.15, 0.2) is 24.3 Å². The first kappa shape index (κ1) is 14.3. The molecule has 0 unspecified atom stereocenters. The average molecular weight is 261 g/mol. The molecule has 0 bridgehead atoms. The van der Waals surface area contributed by atoms with E-state index in [0.29, 0.717) is 0 Å². The first-order valence-corrected chi connectivity index (χ1v) is 13.5. The molecule has 0 nitrogen and oxygen atoms in total. The van der Waals surface area contributed by atoms with E-state index in [1.165, 1.54) is 17.2 Å². The Hall–Kier alpha value is -0.786. The van der Waals surface area contributed by atoms with E-state index >= 15 is 0 Å². The van der Waals surface area contributed by atoms with E-state index in [9.17, 15) is 0 Å². The van der Waals surface area contributed by atoms with Gasteiger partial charge in [0.25, 0.3) is 0 Å². The maximum absolute atomic E-state index is 3.43. The Morgan fingerprint density at radius 1 is 1.00 bits per heavy atom. The second-order valence-corrected chi connectivity index (χ2v) is 17.2. The Labute approximate surface area is 108 Å². The van der Waals surface area contributed by atoms with Crippen molar-refractivity contribution in [3.05, 3.63) is 35.4 Å². The van der Waals surface area contributed by atoms with Gasteiger partial charge in [0.1, 0.15) is 8.07 Å². The standard InChI is InChI=1S/C15H24Si2/c1-16(2,3)11-10-14-8-7-9-15(12-14)13-17(4,5)6/h7-9,12H,13H2,1-6H3. The van der Waals surface area contributed by atoms with Crippen LogP contribution in [0, 0.1) is 11.5 Å². The molecule has 0 spiro atoms. The SMILES string of the molecule is C[Si](C)(C)C#Cc1cccc(C[Si](C)(C)C)c1. The lowest BCUT2D eigenvalue weighted by Crippen LogP contribution is -2.23. The monoisotopic (exact) mass is 260 g/mol. The lowest BCUT2D eigenvalue weighted by atomic mass is 10.1. The highest BCUT2D eigenvalue weighted by atomic mass is 28.3. The van der Waals surface area contributed by atoms with Gasteiger partial charge in [-0.2, -0.15) is 0 Å². The van der Waals surface area contributed by atoms with Crippen molar-refractivity contribution < 1.29 is 0 Å². The minimum absolute atomic E-state index is 1.02. The molecular formula is C15H24Si2. The zero-order valence-electron chi connectivity index (χ0n) is 12.0. The molecule has 17 heavy (non-hydrogen) atoms. The van der Waals surface area contributed by atoms with Crippen molar-refractivity contribution in [2.24, 2.45) is 0 Å². The highest BCUT2D eigenvalue weighted by molar-refractivity contribution is 6.83. The molecule has 0 radical (unpaired) electrons. The smallest absolute Gasteiger partial charge is 0.127 e. The fraction of sp³-hybridized carbons (Fsp3) is 0.467. The molecule has 2 heteroatoms. The first-order chi connectivity index (χ1) is 7.66. The van der Waals surface area contributed by atoms with Crippen molar-refractivity contribution in [2.75, 3.05) is 0 Å². The molecule has 0 N–H and O–H groups in total. The minimum atomic E-state index is -1.26. The number of hydrogen-bond acceptors (Lipinski definition) is 0. The molecule has 0 aliphatic rings. The molecular weight excluding hydrogens is 236 g/mol. The van der Waals surface area contributed by atoms with E-state index in [1.807, 2.05) is 0 Å². The van der Waals surface area contributed by atoms with Crippen molar-refractivity contribution in [2.45, 2.75) is 45.3 Å². The quantitative estimate of drug-likeness (QED) is 0.548. The summed E-state index contributed by atoms with van der Waals surface area (Å²) in [6.45, 7) is 14.1. The lowest BCUT2D eigenvalue weighted by Gasteiger charge is -2.15. The fourth-order valence-electron chi connectivity index (χ4n) is 1.63. The molecule has 1 aromatic carbocycles. The Morgan fingerprint density at radius 3 is 2.18 bits per heavy atom. The highest BCUT2D eigenvalue weighted by Crippen LogP contribution is 2.13. The number of hydrogen-bond donors (Lipinski definition) is 0. The molecule has 0 atom stereocenters. The van der Waals surface area contributed by atoms with Crippen LogP contribution in [0.25, 0.3) is 0 Å². The molecule has 0 saturated carbocycles. The van der Waals surface area contributed by atoms with Gasteiger partial charge >= 0.3 is 0 Å². The van der Waals surface area contributed by atoms with Crippen LogP contribution >= 0.6 is 0 Å². The molecule has 0 heterocycles. The molecule has 0 amide bonds. The summed E-state index contributed by atoms with van der Waals surface area (Å²) in [5, 5.41) is 0. The molecule has 1 aromatic rings. The highest BCUT2D eigenvalue weighted by Gasteiger charge is 2.13. The summed E-state index contributed by atoms with van der Waals surface area (Å²) in [6, 6.07) is 10.0. The largest absolute Gasteiger partial charge is 0.129 e. The van der Waals surface area contributed by atoms with Crippen molar-refractivity contribution in [3.8, 4) is 11.5 Å². The van der Waals surface area contributed by atoms with Crippen LogP contribution < -0.4 is 0 Å². The van der Waals surface area contributed by atoms with Crippen LogP contribution in [0.4, 0.5) is 0 Å². The van der Waals surface area contributed by atoms with Crippen LogP contribution in [0.3, 0.4) is 0 Å².